The van der Waals surface area contributed by atoms with Crippen LogP contribution in [-0.2, 0) is 17.4 Å². The Bertz CT molecular complexity index is 1040. The van der Waals surface area contributed by atoms with Crippen LogP contribution in [-0.4, -0.2) is 10.9 Å². The maximum Gasteiger partial charge on any atom is 0.416 e. The molecule has 3 nitrogen and oxygen atoms in total. The van der Waals surface area contributed by atoms with Crippen LogP contribution in [0.3, 0.4) is 0 Å². The van der Waals surface area contributed by atoms with Gasteiger partial charge < -0.3 is 5.32 Å². The van der Waals surface area contributed by atoms with E-state index in [2.05, 4.69) is 10.3 Å². The summed E-state index contributed by atoms with van der Waals surface area (Å²) in [6.07, 6.45) is -4.44. The van der Waals surface area contributed by atoms with Gasteiger partial charge in [0.05, 0.1) is 12.0 Å². The molecule has 0 saturated carbocycles. The summed E-state index contributed by atoms with van der Waals surface area (Å²) in [6.45, 7) is 5.46. The van der Waals surface area contributed by atoms with Crippen LogP contribution >= 0.6 is 0 Å². The van der Waals surface area contributed by atoms with E-state index in [1.165, 1.54) is 0 Å². The van der Waals surface area contributed by atoms with Gasteiger partial charge in [0.25, 0.3) is 0 Å². The number of hydrogen-bond donors (Lipinski definition) is 1. The third kappa shape index (κ3) is 5.22. The highest BCUT2D eigenvalue weighted by Crippen LogP contribution is 2.35. The lowest BCUT2D eigenvalue weighted by Crippen LogP contribution is -2.16. The summed E-state index contributed by atoms with van der Waals surface area (Å²) >= 11 is 0. The Morgan fingerprint density at radius 3 is 2.17 bits per heavy atom. The fourth-order valence-electron chi connectivity index (χ4n) is 3.22. The number of anilines is 1. The molecule has 3 rings (SSSR count). The van der Waals surface area contributed by atoms with Gasteiger partial charge in [0.15, 0.2) is 0 Å². The molecule has 0 aliphatic heterocycles. The lowest BCUT2D eigenvalue weighted by atomic mass is 10.0. The predicted octanol–water partition coefficient (Wildman–Crippen LogP) is 5.87. The molecule has 29 heavy (non-hydrogen) atoms. The van der Waals surface area contributed by atoms with E-state index in [0.29, 0.717) is 22.5 Å². The molecule has 150 valence electrons. The van der Waals surface area contributed by atoms with Crippen molar-refractivity contribution >= 4 is 11.6 Å². The summed E-state index contributed by atoms with van der Waals surface area (Å²) in [5.74, 6) is -0.369. The van der Waals surface area contributed by atoms with E-state index in [1.54, 1.807) is 32.0 Å². The molecule has 1 amide bonds. The minimum atomic E-state index is -4.53. The Balaban J connectivity index is 1.95. The fraction of sp³-hybridized carbons (Fsp3) is 0.217. The average molecular weight is 398 g/mol. The second kappa shape index (κ2) is 8.07. The number of rotatable bonds is 4. The van der Waals surface area contributed by atoms with Crippen LogP contribution in [0.2, 0.25) is 0 Å². The van der Waals surface area contributed by atoms with Crippen molar-refractivity contribution in [3.8, 4) is 11.1 Å². The summed E-state index contributed by atoms with van der Waals surface area (Å²) in [6, 6.07) is 14.5. The first kappa shape index (κ1) is 20.6. The molecule has 0 spiro atoms. The van der Waals surface area contributed by atoms with Crippen molar-refractivity contribution in [1.29, 1.82) is 0 Å². The Morgan fingerprint density at radius 2 is 1.55 bits per heavy atom. The number of pyridine rings is 1. The molecule has 1 aromatic heterocycles. The van der Waals surface area contributed by atoms with Crippen molar-refractivity contribution in [2.24, 2.45) is 0 Å². The van der Waals surface area contributed by atoms with E-state index in [-0.39, 0.29) is 18.0 Å². The SMILES string of the molecule is Cc1cc(-c2cc(NC(=O)Cc3ccccc3C)cc(C(F)(F)F)c2)cc(C)n1. The molecule has 0 radical (unpaired) electrons. The molecular formula is C23H21F3N2O. The van der Waals surface area contributed by atoms with Gasteiger partial charge in [-0.2, -0.15) is 13.2 Å². The maximum atomic E-state index is 13.4. The summed E-state index contributed by atoms with van der Waals surface area (Å²) in [5, 5.41) is 2.61. The first-order valence-electron chi connectivity index (χ1n) is 9.14. The lowest BCUT2D eigenvalue weighted by Gasteiger charge is -2.14. The molecule has 1 N–H and O–H groups in total. The Kier molecular flexibility index (Phi) is 5.73. The van der Waals surface area contributed by atoms with Gasteiger partial charge in [0.2, 0.25) is 5.91 Å². The molecule has 0 atom stereocenters. The van der Waals surface area contributed by atoms with Crippen LogP contribution in [0.15, 0.2) is 54.6 Å². The number of halogens is 3. The number of amides is 1. The number of carbonyl (C=O) groups excluding carboxylic acids is 1. The van der Waals surface area contributed by atoms with E-state index in [4.69, 9.17) is 0 Å². The third-order valence-corrected chi connectivity index (χ3v) is 4.57. The number of aryl methyl sites for hydroxylation is 3. The van der Waals surface area contributed by atoms with Crippen molar-refractivity contribution in [2.75, 3.05) is 5.32 Å². The molecule has 0 bridgehead atoms. The van der Waals surface area contributed by atoms with E-state index >= 15 is 0 Å². The highest BCUT2D eigenvalue weighted by Gasteiger charge is 2.31. The van der Waals surface area contributed by atoms with Gasteiger partial charge in [0, 0.05) is 17.1 Å². The van der Waals surface area contributed by atoms with Crippen LogP contribution in [0.1, 0.15) is 28.1 Å². The van der Waals surface area contributed by atoms with Crippen LogP contribution in [0.25, 0.3) is 11.1 Å². The topological polar surface area (TPSA) is 42.0 Å². The first-order chi connectivity index (χ1) is 13.6. The number of aromatic nitrogens is 1. The summed E-state index contributed by atoms with van der Waals surface area (Å²) in [5.41, 5.74) is 3.50. The summed E-state index contributed by atoms with van der Waals surface area (Å²) in [4.78, 5) is 16.7. The standard InChI is InChI=1S/C23H21F3N2O/c1-14-6-4-5-7-17(14)12-22(29)28-21-11-19(10-20(13-21)23(24,25)26)18-8-15(2)27-16(3)9-18/h4-11,13H,12H2,1-3H3,(H,28,29). The number of nitrogens with zero attached hydrogens (tertiary/aromatic N) is 1. The van der Waals surface area contributed by atoms with Crippen molar-refractivity contribution < 1.29 is 18.0 Å². The van der Waals surface area contributed by atoms with Crippen molar-refractivity contribution in [3.63, 3.8) is 0 Å². The third-order valence-electron chi connectivity index (χ3n) is 4.57. The zero-order chi connectivity index (χ0) is 21.2. The van der Waals surface area contributed by atoms with E-state index in [0.717, 1.165) is 23.3 Å². The number of carbonyl (C=O) groups is 1. The molecule has 3 aromatic rings. The smallest absolute Gasteiger partial charge is 0.326 e. The van der Waals surface area contributed by atoms with Crippen LogP contribution in [0, 0.1) is 20.8 Å². The van der Waals surface area contributed by atoms with E-state index in [9.17, 15) is 18.0 Å². The number of hydrogen-bond acceptors (Lipinski definition) is 2. The molecule has 6 heteroatoms. The monoisotopic (exact) mass is 398 g/mol. The van der Waals surface area contributed by atoms with E-state index in [1.807, 2.05) is 31.2 Å². The Labute approximate surface area is 167 Å². The molecule has 0 unspecified atom stereocenters. The van der Waals surface area contributed by atoms with Gasteiger partial charge in [-0.3, -0.25) is 9.78 Å². The molecule has 0 saturated heterocycles. The van der Waals surface area contributed by atoms with E-state index < -0.39 is 11.7 Å². The van der Waals surface area contributed by atoms with Gasteiger partial charge >= 0.3 is 6.18 Å². The van der Waals surface area contributed by atoms with Crippen LogP contribution in [0.5, 0.6) is 0 Å². The zero-order valence-corrected chi connectivity index (χ0v) is 16.4. The first-order valence-corrected chi connectivity index (χ1v) is 9.14. The Morgan fingerprint density at radius 1 is 0.931 bits per heavy atom. The molecule has 0 aliphatic carbocycles. The van der Waals surface area contributed by atoms with Gasteiger partial charge in [-0.25, -0.2) is 0 Å². The minimum absolute atomic E-state index is 0.0890. The van der Waals surface area contributed by atoms with Gasteiger partial charge in [-0.1, -0.05) is 24.3 Å². The molecule has 0 aliphatic rings. The lowest BCUT2D eigenvalue weighted by molar-refractivity contribution is -0.137. The number of alkyl halides is 3. The van der Waals surface area contributed by atoms with Crippen LogP contribution < -0.4 is 5.32 Å². The molecule has 2 aromatic carbocycles. The molecule has 0 fully saturated rings. The largest absolute Gasteiger partial charge is 0.416 e. The highest BCUT2D eigenvalue weighted by atomic mass is 19.4. The summed E-state index contributed by atoms with van der Waals surface area (Å²) in [7, 11) is 0. The highest BCUT2D eigenvalue weighted by molar-refractivity contribution is 5.93. The van der Waals surface area contributed by atoms with Gasteiger partial charge in [-0.15, -0.1) is 0 Å². The number of benzene rings is 2. The van der Waals surface area contributed by atoms with Crippen molar-refractivity contribution in [1.82, 2.24) is 4.98 Å². The van der Waals surface area contributed by atoms with Gasteiger partial charge in [-0.05, 0) is 73.4 Å². The fourth-order valence-corrected chi connectivity index (χ4v) is 3.22. The second-order valence-electron chi connectivity index (χ2n) is 7.09. The molecular weight excluding hydrogens is 377 g/mol. The minimum Gasteiger partial charge on any atom is -0.326 e. The second-order valence-corrected chi connectivity index (χ2v) is 7.09. The average Bonchev–Trinajstić information content (AvgIpc) is 2.62. The predicted molar refractivity (Wildman–Crippen MR) is 108 cm³/mol. The normalized spacial score (nSPS) is 11.4. The molecule has 1 heterocycles. The van der Waals surface area contributed by atoms with Crippen molar-refractivity contribution in [2.45, 2.75) is 33.4 Å². The van der Waals surface area contributed by atoms with Crippen LogP contribution in [0.4, 0.5) is 18.9 Å². The maximum absolute atomic E-state index is 13.4. The zero-order valence-electron chi connectivity index (χ0n) is 16.4. The Hall–Kier alpha value is -3.15. The van der Waals surface area contributed by atoms with Gasteiger partial charge in [0.1, 0.15) is 0 Å². The quantitative estimate of drug-likeness (QED) is 0.597. The number of nitrogens with one attached hydrogen (secondary N) is 1. The summed E-state index contributed by atoms with van der Waals surface area (Å²) < 4.78 is 40.3. The van der Waals surface area contributed by atoms with Crippen molar-refractivity contribution in [3.05, 3.63) is 82.7 Å².